The van der Waals surface area contributed by atoms with E-state index in [-0.39, 0.29) is 17.3 Å². The number of ether oxygens (including phenoxy) is 2. The zero-order chi connectivity index (χ0) is 16.8. The van der Waals surface area contributed by atoms with E-state index in [0.717, 1.165) is 0 Å². The lowest BCUT2D eigenvalue weighted by molar-refractivity contribution is -0.384. The highest BCUT2D eigenvalue weighted by Gasteiger charge is 2.18. The molecule has 0 heterocycles. The van der Waals surface area contributed by atoms with Crippen LogP contribution in [-0.4, -0.2) is 24.0 Å². The highest BCUT2D eigenvalue weighted by molar-refractivity contribution is 5.95. The number of nitro groups is 1. The number of benzene rings is 2. The fraction of sp³-hybridized carbons (Fsp3) is 0.188. The van der Waals surface area contributed by atoms with Crippen LogP contribution in [0.1, 0.15) is 6.92 Å². The molecule has 2 rings (SSSR count). The van der Waals surface area contributed by atoms with Crippen LogP contribution in [-0.2, 0) is 4.79 Å². The van der Waals surface area contributed by atoms with Crippen molar-refractivity contribution in [1.82, 2.24) is 0 Å². The fourth-order valence-electron chi connectivity index (χ4n) is 1.89. The molecule has 0 aliphatic rings. The largest absolute Gasteiger partial charge is 0.494 e. The third-order valence-corrected chi connectivity index (χ3v) is 3.08. The average molecular weight is 316 g/mol. The molecule has 0 aliphatic heterocycles. The summed E-state index contributed by atoms with van der Waals surface area (Å²) in [5.41, 5.74) is 0.222. The number of amides is 1. The van der Waals surface area contributed by atoms with E-state index < -0.39 is 11.0 Å². The topological polar surface area (TPSA) is 90.7 Å². The minimum atomic E-state index is -0.739. The first kappa shape index (κ1) is 16.3. The first-order valence-electron chi connectivity index (χ1n) is 6.86. The van der Waals surface area contributed by atoms with Crippen molar-refractivity contribution in [2.24, 2.45) is 0 Å². The van der Waals surface area contributed by atoms with Gasteiger partial charge in [0, 0.05) is 6.07 Å². The summed E-state index contributed by atoms with van der Waals surface area (Å²) in [5, 5.41) is 13.4. The zero-order valence-electron chi connectivity index (χ0n) is 12.7. The van der Waals surface area contributed by atoms with Gasteiger partial charge in [-0.3, -0.25) is 14.9 Å². The molecule has 0 aromatic heterocycles. The Morgan fingerprint density at radius 2 is 1.91 bits per heavy atom. The summed E-state index contributed by atoms with van der Waals surface area (Å²) in [6, 6.07) is 12.9. The Labute approximate surface area is 133 Å². The number of nitrogens with zero attached hydrogens (tertiary/aromatic N) is 1. The summed E-state index contributed by atoms with van der Waals surface area (Å²) in [6.45, 7) is 1.61. The monoisotopic (exact) mass is 316 g/mol. The van der Waals surface area contributed by atoms with Gasteiger partial charge >= 0.3 is 0 Å². The lowest BCUT2D eigenvalue weighted by Gasteiger charge is -2.16. The second kappa shape index (κ2) is 7.26. The highest BCUT2D eigenvalue weighted by atomic mass is 16.6. The second-order valence-corrected chi connectivity index (χ2v) is 4.70. The summed E-state index contributed by atoms with van der Waals surface area (Å²) in [7, 11) is 1.37. The Bertz CT molecular complexity index is 703. The lowest BCUT2D eigenvalue weighted by Crippen LogP contribution is -2.30. The van der Waals surface area contributed by atoms with Gasteiger partial charge in [-0.1, -0.05) is 18.2 Å². The van der Waals surface area contributed by atoms with Gasteiger partial charge in [-0.05, 0) is 25.1 Å². The second-order valence-electron chi connectivity index (χ2n) is 4.70. The third kappa shape index (κ3) is 4.19. The molecule has 23 heavy (non-hydrogen) atoms. The molecule has 1 N–H and O–H groups in total. The summed E-state index contributed by atoms with van der Waals surface area (Å²) >= 11 is 0. The first-order chi connectivity index (χ1) is 11.0. The van der Waals surface area contributed by atoms with E-state index >= 15 is 0 Å². The fourth-order valence-corrected chi connectivity index (χ4v) is 1.89. The van der Waals surface area contributed by atoms with Crippen LogP contribution < -0.4 is 14.8 Å². The predicted molar refractivity (Wildman–Crippen MR) is 84.8 cm³/mol. The van der Waals surface area contributed by atoms with Crippen LogP contribution in [0.25, 0.3) is 0 Å². The van der Waals surface area contributed by atoms with E-state index in [4.69, 9.17) is 9.47 Å². The van der Waals surface area contributed by atoms with Gasteiger partial charge < -0.3 is 14.8 Å². The number of anilines is 1. The van der Waals surface area contributed by atoms with E-state index in [1.807, 2.05) is 6.07 Å². The smallest absolute Gasteiger partial charge is 0.273 e. The molecular weight excluding hydrogens is 300 g/mol. The quantitative estimate of drug-likeness (QED) is 0.653. The number of hydrogen-bond acceptors (Lipinski definition) is 5. The van der Waals surface area contributed by atoms with Gasteiger partial charge in [0.15, 0.2) is 6.10 Å². The van der Waals surface area contributed by atoms with E-state index in [1.165, 1.54) is 25.3 Å². The van der Waals surface area contributed by atoms with Crippen molar-refractivity contribution >= 4 is 17.3 Å². The maximum atomic E-state index is 12.2. The molecule has 2 aromatic rings. The summed E-state index contributed by atoms with van der Waals surface area (Å²) < 4.78 is 10.6. The SMILES string of the molecule is COc1cc([N+](=O)[O-])ccc1NC(=O)[C@@H](C)Oc1ccccc1. The number of rotatable bonds is 6. The van der Waals surface area contributed by atoms with Crippen LogP contribution in [0.3, 0.4) is 0 Å². The molecule has 2 aromatic carbocycles. The maximum Gasteiger partial charge on any atom is 0.273 e. The van der Waals surface area contributed by atoms with Crippen molar-refractivity contribution in [2.45, 2.75) is 13.0 Å². The van der Waals surface area contributed by atoms with Crippen molar-refractivity contribution in [3.8, 4) is 11.5 Å². The van der Waals surface area contributed by atoms with Crippen molar-refractivity contribution < 1.29 is 19.2 Å². The van der Waals surface area contributed by atoms with Crippen molar-refractivity contribution in [1.29, 1.82) is 0 Å². The molecule has 0 saturated heterocycles. The molecule has 0 saturated carbocycles. The van der Waals surface area contributed by atoms with E-state index in [9.17, 15) is 14.9 Å². The highest BCUT2D eigenvalue weighted by Crippen LogP contribution is 2.29. The van der Waals surface area contributed by atoms with Gasteiger partial charge in [0.05, 0.1) is 23.8 Å². The molecule has 120 valence electrons. The van der Waals surface area contributed by atoms with Crippen LogP contribution in [0.2, 0.25) is 0 Å². The number of nitro benzene ring substituents is 1. The van der Waals surface area contributed by atoms with Crippen LogP contribution in [0, 0.1) is 10.1 Å². The molecule has 7 nitrogen and oxygen atoms in total. The minimum absolute atomic E-state index is 0.117. The Balaban J connectivity index is 2.08. The Hall–Kier alpha value is -3.09. The number of carbonyl (C=O) groups excluding carboxylic acids is 1. The average Bonchev–Trinajstić information content (AvgIpc) is 2.55. The molecule has 0 radical (unpaired) electrons. The first-order valence-corrected chi connectivity index (χ1v) is 6.86. The van der Waals surface area contributed by atoms with Gasteiger partial charge in [0.25, 0.3) is 11.6 Å². The Kier molecular flexibility index (Phi) is 5.14. The van der Waals surface area contributed by atoms with E-state index in [1.54, 1.807) is 31.2 Å². The Morgan fingerprint density at radius 3 is 2.52 bits per heavy atom. The molecule has 0 unspecified atom stereocenters. The predicted octanol–water partition coefficient (Wildman–Crippen LogP) is 3.01. The molecule has 0 fully saturated rings. The number of carbonyl (C=O) groups is 1. The summed E-state index contributed by atoms with van der Waals surface area (Å²) in [4.78, 5) is 22.4. The van der Waals surface area contributed by atoms with Gasteiger partial charge in [0.1, 0.15) is 11.5 Å². The third-order valence-electron chi connectivity index (χ3n) is 3.08. The number of non-ortho nitro benzene ring substituents is 1. The van der Waals surface area contributed by atoms with Crippen molar-refractivity contribution in [3.05, 3.63) is 58.6 Å². The van der Waals surface area contributed by atoms with Gasteiger partial charge in [-0.25, -0.2) is 0 Å². The molecular formula is C16H16N2O5. The van der Waals surface area contributed by atoms with E-state index in [0.29, 0.717) is 11.4 Å². The molecule has 1 atom stereocenters. The standard InChI is InChI=1S/C16H16N2O5/c1-11(23-13-6-4-3-5-7-13)16(19)17-14-9-8-12(18(20)21)10-15(14)22-2/h3-11H,1-2H3,(H,17,19)/t11-/m1/s1. The number of hydrogen-bond donors (Lipinski definition) is 1. The zero-order valence-corrected chi connectivity index (χ0v) is 12.7. The molecule has 0 spiro atoms. The number of para-hydroxylation sites is 1. The minimum Gasteiger partial charge on any atom is -0.494 e. The number of nitrogens with one attached hydrogen (secondary N) is 1. The van der Waals surface area contributed by atoms with Crippen molar-refractivity contribution in [3.63, 3.8) is 0 Å². The normalized spacial score (nSPS) is 11.4. The Morgan fingerprint density at radius 1 is 1.22 bits per heavy atom. The molecule has 0 bridgehead atoms. The van der Waals surface area contributed by atoms with Gasteiger partial charge in [0.2, 0.25) is 0 Å². The van der Waals surface area contributed by atoms with Gasteiger partial charge in [-0.2, -0.15) is 0 Å². The number of methoxy groups -OCH3 is 1. The summed E-state index contributed by atoms with van der Waals surface area (Å²) in [6.07, 6.45) is -0.739. The van der Waals surface area contributed by atoms with Gasteiger partial charge in [-0.15, -0.1) is 0 Å². The maximum absolute atomic E-state index is 12.2. The van der Waals surface area contributed by atoms with E-state index in [2.05, 4.69) is 5.32 Å². The lowest BCUT2D eigenvalue weighted by atomic mass is 10.2. The molecule has 1 amide bonds. The van der Waals surface area contributed by atoms with Crippen molar-refractivity contribution in [2.75, 3.05) is 12.4 Å². The van der Waals surface area contributed by atoms with Crippen LogP contribution in [0.5, 0.6) is 11.5 Å². The molecule has 7 heteroatoms. The molecule has 0 aliphatic carbocycles. The van der Waals surface area contributed by atoms with Crippen LogP contribution in [0.15, 0.2) is 48.5 Å². The van der Waals surface area contributed by atoms with Crippen LogP contribution >= 0.6 is 0 Å². The summed E-state index contributed by atoms with van der Waals surface area (Å²) in [5.74, 6) is 0.395. The van der Waals surface area contributed by atoms with Crippen LogP contribution in [0.4, 0.5) is 11.4 Å².